The van der Waals surface area contributed by atoms with Crippen LogP contribution >= 0.6 is 23.2 Å². The van der Waals surface area contributed by atoms with Crippen molar-refractivity contribution in [3.8, 4) is 0 Å². The van der Waals surface area contributed by atoms with Crippen LogP contribution in [0.3, 0.4) is 0 Å². The molecule has 0 radical (unpaired) electrons. The fourth-order valence-electron chi connectivity index (χ4n) is 3.36. The molecule has 0 aliphatic carbocycles. The zero-order valence-corrected chi connectivity index (χ0v) is 21.7. The average molecular weight is 532 g/mol. The molecule has 0 aliphatic rings. The number of hydrogen-bond acceptors (Lipinski definition) is 4. The van der Waals surface area contributed by atoms with E-state index in [0.717, 1.165) is 22.7 Å². The van der Waals surface area contributed by atoms with Crippen LogP contribution in [-0.2, 0) is 26.2 Å². The molecule has 1 atom stereocenters. The number of sulfonamides is 1. The third-order valence-corrected chi connectivity index (χ3v) is 6.78. The number of benzene rings is 2. The summed E-state index contributed by atoms with van der Waals surface area (Å²) in [5.41, 5.74) is 0.628. The van der Waals surface area contributed by atoms with Gasteiger partial charge >= 0.3 is 0 Å². The molecule has 0 fully saturated rings. The van der Waals surface area contributed by atoms with Gasteiger partial charge in [0.05, 0.1) is 17.0 Å². The molecule has 0 saturated heterocycles. The number of nitrogens with zero attached hydrogens (tertiary/aromatic N) is 2. The average Bonchev–Trinajstić information content (AvgIpc) is 2.73. The Morgan fingerprint density at radius 3 is 2.26 bits per heavy atom. The molecule has 1 N–H and O–H groups in total. The van der Waals surface area contributed by atoms with Crippen LogP contribution in [-0.4, -0.2) is 50.0 Å². The minimum absolute atomic E-state index is 0.00962. The Morgan fingerprint density at radius 2 is 1.74 bits per heavy atom. The normalized spacial score (nSPS) is 12.4. The third-order valence-electron chi connectivity index (χ3n) is 4.99. The van der Waals surface area contributed by atoms with E-state index in [4.69, 9.17) is 23.2 Å². The van der Waals surface area contributed by atoms with Gasteiger partial charge in [-0.2, -0.15) is 0 Å². The summed E-state index contributed by atoms with van der Waals surface area (Å²) in [6, 6.07) is 9.22. The minimum Gasteiger partial charge on any atom is -0.352 e. The molecule has 0 saturated carbocycles. The topological polar surface area (TPSA) is 86.8 Å². The van der Waals surface area contributed by atoms with E-state index in [1.807, 2.05) is 0 Å². The molecule has 1 unspecified atom stereocenters. The highest BCUT2D eigenvalue weighted by Crippen LogP contribution is 2.26. The summed E-state index contributed by atoms with van der Waals surface area (Å²) in [5, 5.41) is 2.93. The maximum atomic E-state index is 13.6. The van der Waals surface area contributed by atoms with Crippen molar-refractivity contribution in [2.75, 3.05) is 17.1 Å². The molecule has 0 spiro atoms. The van der Waals surface area contributed by atoms with E-state index in [0.29, 0.717) is 10.6 Å². The zero-order valence-electron chi connectivity index (χ0n) is 19.4. The monoisotopic (exact) mass is 531 g/mol. The Hall–Kier alpha value is -2.36. The highest BCUT2D eigenvalue weighted by molar-refractivity contribution is 7.92. The summed E-state index contributed by atoms with van der Waals surface area (Å²) < 4.78 is 39.5. The largest absolute Gasteiger partial charge is 0.352 e. The van der Waals surface area contributed by atoms with E-state index in [1.54, 1.807) is 45.0 Å². The summed E-state index contributed by atoms with van der Waals surface area (Å²) >= 11 is 12.1. The number of halogens is 3. The van der Waals surface area contributed by atoms with Crippen LogP contribution in [0.15, 0.2) is 42.5 Å². The van der Waals surface area contributed by atoms with Crippen molar-refractivity contribution in [1.29, 1.82) is 0 Å². The number of carbonyl (C=O) groups is 2. The molecule has 0 aliphatic heterocycles. The number of rotatable bonds is 10. The smallest absolute Gasteiger partial charge is 0.244 e. The summed E-state index contributed by atoms with van der Waals surface area (Å²) in [6.45, 7) is 4.73. The maximum Gasteiger partial charge on any atom is 0.244 e. The Morgan fingerprint density at radius 1 is 1.09 bits per heavy atom. The molecule has 11 heteroatoms. The SMILES string of the molecule is CCC(C(=O)NC(C)C)N(Cc1ccccc1Cl)C(=O)CN(c1ccc(F)c(Cl)c1)S(C)(=O)=O. The van der Waals surface area contributed by atoms with Crippen molar-refractivity contribution in [2.45, 2.75) is 45.8 Å². The van der Waals surface area contributed by atoms with Gasteiger partial charge in [0.15, 0.2) is 0 Å². The second kappa shape index (κ2) is 11.9. The van der Waals surface area contributed by atoms with E-state index < -0.39 is 34.3 Å². The van der Waals surface area contributed by atoms with Crippen LogP contribution in [0.5, 0.6) is 0 Å². The van der Waals surface area contributed by atoms with Gasteiger partial charge in [0, 0.05) is 17.6 Å². The first-order chi connectivity index (χ1) is 15.8. The highest BCUT2D eigenvalue weighted by Gasteiger charge is 2.32. The van der Waals surface area contributed by atoms with Crippen LogP contribution in [0, 0.1) is 5.82 Å². The first kappa shape index (κ1) is 27.9. The highest BCUT2D eigenvalue weighted by atomic mass is 35.5. The molecule has 2 amide bonds. The van der Waals surface area contributed by atoms with Gasteiger partial charge in [-0.25, -0.2) is 12.8 Å². The number of carbonyl (C=O) groups excluding carboxylic acids is 2. The van der Waals surface area contributed by atoms with E-state index in [-0.39, 0.29) is 35.6 Å². The quantitative estimate of drug-likeness (QED) is 0.496. The predicted molar refractivity (Wildman–Crippen MR) is 133 cm³/mol. The van der Waals surface area contributed by atoms with Crippen molar-refractivity contribution in [3.05, 3.63) is 63.9 Å². The molecule has 0 aromatic heterocycles. The van der Waals surface area contributed by atoms with Crippen LogP contribution in [0.4, 0.5) is 10.1 Å². The first-order valence-corrected chi connectivity index (χ1v) is 13.2. The number of amides is 2. The summed E-state index contributed by atoms with van der Waals surface area (Å²) in [7, 11) is -3.95. The standard InChI is InChI=1S/C23H28Cl2FN3O4S/c1-5-21(23(31)27-15(2)3)28(13-16-8-6-7-9-18(16)24)22(30)14-29(34(4,32)33)17-10-11-20(26)19(25)12-17/h6-12,15,21H,5,13-14H2,1-4H3,(H,27,31). The fourth-order valence-corrected chi connectivity index (χ4v) is 4.58. The lowest BCUT2D eigenvalue weighted by molar-refractivity contribution is -0.140. The van der Waals surface area contributed by atoms with Gasteiger partial charge in [-0.15, -0.1) is 0 Å². The Labute approximate surface area is 209 Å². The van der Waals surface area contributed by atoms with Crippen LogP contribution in [0.1, 0.15) is 32.8 Å². The maximum absolute atomic E-state index is 13.6. The van der Waals surface area contributed by atoms with Gasteiger partial charge in [-0.1, -0.05) is 48.3 Å². The van der Waals surface area contributed by atoms with E-state index in [2.05, 4.69) is 5.32 Å². The number of nitrogens with one attached hydrogen (secondary N) is 1. The molecule has 0 heterocycles. The lowest BCUT2D eigenvalue weighted by atomic mass is 10.1. The molecule has 2 aromatic rings. The van der Waals surface area contributed by atoms with Crippen molar-refractivity contribution >= 4 is 50.7 Å². The first-order valence-electron chi connectivity index (χ1n) is 10.6. The van der Waals surface area contributed by atoms with Crippen molar-refractivity contribution in [3.63, 3.8) is 0 Å². The summed E-state index contributed by atoms with van der Waals surface area (Å²) in [6.07, 6.45) is 1.22. The van der Waals surface area contributed by atoms with Gasteiger partial charge in [-0.05, 0) is 50.1 Å². The number of anilines is 1. The number of hydrogen-bond donors (Lipinski definition) is 1. The summed E-state index contributed by atoms with van der Waals surface area (Å²) in [4.78, 5) is 27.7. The zero-order chi connectivity index (χ0) is 25.6. The molecule has 2 rings (SSSR count). The molecule has 2 aromatic carbocycles. The molecule has 7 nitrogen and oxygen atoms in total. The molecule has 34 heavy (non-hydrogen) atoms. The van der Waals surface area contributed by atoms with Crippen molar-refractivity contribution in [2.24, 2.45) is 0 Å². The minimum atomic E-state index is -3.95. The van der Waals surface area contributed by atoms with Gasteiger partial charge in [0.25, 0.3) is 0 Å². The van der Waals surface area contributed by atoms with Crippen molar-refractivity contribution in [1.82, 2.24) is 10.2 Å². The van der Waals surface area contributed by atoms with Crippen LogP contribution < -0.4 is 9.62 Å². The van der Waals surface area contributed by atoms with E-state index >= 15 is 0 Å². The van der Waals surface area contributed by atoms with E-state index in [1.165, 1.54) is 11.0 Å². The lowest BCUT2D eigenvalue weighted by Gasteiger charge is -2.33. The second-order valence-corrected chi connectivity index (χ2v) is 10.8. The predicted octanol–water partition coefficient (Wildman–Crippen LogP) is 4.23. The van der Waals surface area contributed by atoms with Crippen LogP contribution in [0.25, 0.3) is 0 Å². The Bertz CT molecular complexity index is 1140. The third kappa shape index (κ3) is 7.32. The van der Waals surface area contributed by atoms with Gasteiger partial charge in [0.1, 0.15) is 18.4 Å². The summed E-state index contributed by atoms with van der Waals surface area (Å²) in [5.74, 6) is -1.72. The molecule has 186 valence electrons. The van der Waals surface area contributed by atoms with Crippen LogP contribution in [0.2, 0.25) is 10.0 Å². The van der Waals surface area contributed by atoms with Gasteiger partial charge < -0.3 is 10.2 Å². The fraction of sp³-hybridized carbons (Fsp3) is 0.391. The molecular formula is C23H28Cl2FN3O4S. The van der Waals surface area contributed by atoms with Crippen molar-refractivity contribution < 1.29 is 22.4 Å². The molecular weight excluding hydrogens is 504 g/mol. The Kier molecular flexibility index (Phi) is 9.73. The van der Waals surface area contributed by atoms with Gasteiger partial charge in [0.2, 0.25) is 21.8 Å². The van der Waals surface area contributed by atoms with Gasteiger partial charge in [-0.3, -0.25) is 13.9 Å². The van der Waals surface area contributed by atoms with E-state index in [9.17, 15) is 22.4 Å². The lowest BCUT2D eigenvalue weighted by Crippen LogP contribution is -2.53. The molecule has 0 bridgehead atoms. The Balaban J connectivity index is 2.48. The second-order valence-electron chi connectivity index (χ2n) is 8.07.